The third kappa shape index (κ3) is 4.02. The SMILES string of the molecule is COc1ccc(CN2CCC(C(=O)O)C2)c(Br)c1OC.Cl. The van der Waals surface area contributed by atoms with E-state index < -0.39 is 5.97 Å². The Morgan fingerprint density at radius 2 is 2.14 bits per heavy atom. The van der Waals surface area contributed by atoms with Crippen molar-refractivity contribution in [1.82, 2.24) is 4.90 Å². The molecule has 0 aromatic heterocycles. The van der Waals surface area contributed by atoms with Crippen molar-refractivity contribution < 1.29 is 19.4 Å². The Hall–Kier alpha value is -0.980. The van der Waals surface area contributed by atoms with Gasteiger partial charge in [0.15, 0.2) is 11.5 Å². The van der Waals surface area contributed by atoms with Gasteiger partial charge in [-0.3, -0.25) is 9.69 Å². The molecule has 1 heterocycles. The smallest absolute Gasteiger partial charge is 0.307 e. The number of carboxylic acids is 1. The quantitative estimate of drug-likeness (QED) is 0.851. The molecule has 1 aliphatic heterocycles. The van der Waals surface area contributed by atoms with Gasteiger partial charge in [0, 0.05) is 13.1 Å². The summed E-state index contributed by atoms with van der Waals surface area (Å²) < 4.78 is 11.5. The second-order valence-corrected chi connectivity index (χ2v) is 5.63. The molecule has 1 atom stereocenters. The zero-order valence-corrected chi connectivity index (χ0v) is 14.4. The highest BCUT2D eigenvalue weighted by Crippen LogP contribution is 2.38. The Kier molecular flexibility index (Phi) is 6.77. The molecule has 7 heteroatoms. The predicted molar refractivity (Wildman–Crippen MR) is 85.5 cm³/mol. The molecular weight excluding hydrogens is 362 g/mol. The molecule has 21 heavy (non-hydrogen) atoms. The summed E-state index contributed by atoms with van der Waals surface area (Å²) in [6.45, 7) is 2.10. The van der Waals surface area contributed by atoms with E-state index in [0.29, 0.717) is 31.0 Å². The van der Waals surface area contributed by atoms with Crippen LogP contribution in [0.3, 0.4) is 0 Å². The van der Waals surface area contributed by atoms with E-state index in [0.717, 1.165) is 16.6 Å². The van der Waals surface area contributed by atoms with Crippen LogP contribution in [0.25, 0.3) is 0 Å². The fraction of sp³-hybridized carbons (Fsp3) is 0.500. The summed E-state index contributed by atoms with van der Waals surface area (Å²) in [7, 11) is 3.20. The van der Waals surface area contributed by atoms with E-state index in [2.05, 4.69) is 20.8 Å². The molecule has 0 aliphatic carbocycles. The van der Waals surface area contributed by atoms with Gasteiger partial charge in [0.05, 0.1) is 24.6 Å². The van der Waals surface area contributed by atoms with Crippen molar-refractivity contribution in [2.24, 2.45) is 5.92 Å². The Bertz CT molecular complexity index is 512. The minimum atomic E-state index is -0.709. The molecule has 2 rings (SSSR count). The average Bonchev–Trinajstić information content (AvgIpc) is 2.89. The van der Waals surface area contributed by atoms with E-state index in [1.165, 1.54) is 0 Å². The molecule has 1 aromatic carbocycles. The molecule has 0 bridgehead atoms. The van der Waals surface area contributed by atoms with E-state index >= 15 is 0 Å². The standard InChI is InChI=1S/C14H18BrNO4.ClH/c1-19-11-4-3-9(12(15)13(11)20-2)7-16-6-5-10(8-16)14(17)18;/h3-4,10H,5-8H2,1-2H3,(H,17,18);1H. The molecule has 0 radical (unpaired) electrons. The molecule has 1 N–H and O–H groups in total. The number of rotatable bonds is 5. The Morgan fingerprint density at radius 1 is 1.43 bits per heavy atom. The Balaban J connectivity index is 0.00000220. The highest BCUT2D eigenvalue weighted by molar-refractivity contribution is 9.10. The molecule has 0 amide bonds. The van der Waals surface area contributed by atoms with Crippen molar-refractivity contribution in [3.8, 4) is 11.5 Å². The summed E-state index contributed by atoms with van der Waals surface area (Å²) in [5.74, 6) is 0.375. The van der Waals surface area contributed by atoms with E-state index in [-0.39, 0.29) is 18.3 Å². The largest absolute Gasteiger partial charge is 0.493 e. The zero-order valence-electron chi connectivity index (χ0n) is 12.0. The van der Waals surface area contributed by atoms with Gasteiger partial charge in [0.2, 0.25) is 0 Å². The van der Waals surface area contributed by atoms with Crippen molar-refractivity contribution in [3.63, 3.8) is 0 Å². The molecule has 1 unspecified atom stereocenters. The van der Waals surface area contributed by atoms with Gasteiger partial charge in [-0.15, -0.1) is 12.4 Å². The number of likely N-dealkylation sites (tertiary alicyclic amines) is 1. The van der Waals surface area contributed by atoms with Gasteiger partial charge in [-0.2, -0.15) is 0 Å². The molecule has 1 aromatic rings. The lowest BCUT2D eigenvalue weighted by Gasteiger charge is -2.18. The molecule has 5 nitrogen and oxygen atoms in total. The lowest BCUT2D eigenvalue weighted by molar-refractivity contribution is -0.141. The Morgan fingerprint density at radius 3 is 2.67 bits per heavy atom. The van der Waals surface area contributed by atoms with E-state index in [1.807, 2.05) is 12.1 Å². The van der Waals surface area contributed by atoms with E-state index in [4.69, 9.17) is 14.6 Å². The van der Waals surface area contributed by atoms with Crippen LogP contribution in [0.4, 0.5) is 0 Å². The number of carboxylic acid groups (broad SMARTS) is 1. The zero-order chi connectivity index (χ0) is 14.7. The number of benzene rings is 1. The first kappa shape index (κ1) is 18.1. The monoisotopic (exact) mass is 379 g/mol. The van der Waals surface area contributed by atoms with Crippen LogP contribution in [0.5, 0.6) is 11.5 Å². The van der Waals surface area contributed by atoms with Gasteiger partial charge >= 0.3 is 5.97 Å². The highest BCUT2D eigenvalue weighted by atomic mass is 79.9. The van der Waals surface area contributed by atoms with Crippen molar-refractivity contribution >= 4 is 34.3 Å². The van der Waals surface area contributed by atoms with Crippen LogP contribution in [0.1, 0.15) is 12.0 Å². The van der Waals surface area contributed by atoms with Crippen LogP contribution in [-0.4, -0.2) is 43.3 Å². The second-order valence-electron chi connectivity index (χ2n) is 4.83. The molecule has 118 valence electrons. The summed E-state index contributed by atoms with van der Waals surface area (Å²) in [6.07, 6.45) is 0.709. The van der Waals surface area contributed by atoms with Crippen LogP contribution >= 0.6 is 28.3 Å². The molecular formula is C14H19BrClNO4. The first-order valence-corrected chi connectivity index (χ1v) is 7.20. The maximum atomic E-state index is 11.0. The van der Waals surface area contributed by atoms with Gasteiger partial charge in [0.1, 0.15) is 0 Å². The summed E-state index contributed by atoms with van der Waals surface area (Å²) in [6, 6.07) is 3.84. The number of halogens is 2. The minimum absolute atomic E-state index is 0. The molecule has 1 saturated heterocycles. The second kappa shape index (κ2) is 7.87. The normalized spacial score (nSPS) is 18.1. The molecule has 1 fully saturated rings. The predicted octanol–water partition coefficient (Wildman–Crippen LogP) is 2.79. The van der Waals surface area contributed by atoms with Crippen LogP contribution in [0.15, 0.2) is 16.6 Å². The highest BCUT2D eigenvalue weighted by Gasteiger charge is 2.28. The fourth-order valence-corrected chi connectivity index (χ4v) is 3.09. The maximum Gasteiger partial charge on any atom is 0.307 e. The number of methoxy groups -OCH3 is 2. The number of nitrogens with zero attached hydrogens (tertiary/aromatic N) is 1. The number of hydrogen-bond donors (Lipinski definition) is 1. The Labute approximate surface area is 138 Å². The average molecular weight is 381 g/mol. The summed E-state index contributed by atoms with van der Waals surface area (Å²) in [5.41, 5.74) is 1.06. The summed E-state index contributed by atoms with van der Waals surface area (Å²) >= 11 is 3.54. The number of hydrogen-bond acceptors (Lipinski definition) is 4. The van der Waals surface area contributed by atoms with Crippen LogP contribution in [0.2, 0.25) is 0 Å². The fourth-order valence-electron chi connectivity index (χ4n) is 2.47. The van der Waals surface area contributed by atoms with Crippen molar-refractivity contribution in [2.75, 3.05) is 27.3 Å². The number of aliphatic carboxylic acids is 1. The first-order chi connectivity index (χ1) is 9.56. The van der Waals surface area contributed by atoms with Crippen LogP contribution in [0, 0.1) is 5.92 Å². The lowest BCUT2D eigenvalue weighted by Crippen LogP contribution is -2.23. The van der Waals surface area contributed by atoms with Gasteiger partial charge in [0.25, 0.3) is 0 Å². The van der Waals surface area contributed by atoms with Gasteiger partial charge in [-0.25, -0.2) is 0 Å². The van der Waals surface area contributed by atoms with Crippen LogP contribution in [-0.2, 0) is 11.3 Å². The van der Waals surface area contributed by atoms with Gasteiger partial charge in [-0.05, 0) is 40.5 Å². The van der Waals surface area contributed by atoms with Gasteiger partial charge < -0.3 is 14.6 Å². The van der Waals surface area contributed by atoms with Crippen LogP contribution < -0.4 is 9.47 Å². The van der Waals surface area contributed by atoms with Crippen molar-refractivity contribution in [1.29, 1.82) is 0 Å². The number of ether oxygens (including phenoxy) is 2. The molecule has 0 saturated carbocycles. The van der Waals surface area contributed by atoms with E-state index in [9.17, 15) is 4.79 Å². The third-order valence-electron chi connectivity index (χ3n) is 3.58. The molecule has 1 aliphatic rings. The van der Waals surface area contributed by atoms with Gasteiger partial charge in [-0.1, -0.05) is 6.07 Å². The third-order valence-corrected chi connectivity index (χ3v) is 4.45. The lowest BCUT2D eigenvalue weighted by atomic mass is 10.1. The van der Waals surface area contributed by atoms with Crippen molar-refractivity contribution in [2.45, 2.75) is 13.0 Å². The number of carbonyl (C=O) groups is 1. The maximum absolute atomic E-state index is 11.0. The summed E-state index contributed by atoms with van der Waals surface area (Å²) in [5, 5.41) is 9.03. The minimum Gasteiger partial charge on any atom is -0.493 e. The topological polar surface area (TPSA) is 59.0 Å². The van der Waals surface area contributed by atoms with Crippen molar-refractivity contribution in [3.05, 3.63) is 22.2 Å². The molecule has 0 spiro atoms. The summed E-state index contributed by atoms with van der Waals surface area (Å²) in [4.78, 5) is 13.1. The van der Waals surface area contributed by atoms with E-state index in [1.54, 1.807) is 14.2 Å². The first-order valence-electron chi connectivity index (χ1n) is 6.41.